The van der Waals surface area contributed by atoms with Crippen LogP contribution < -0.4 is 4.74 Å². The minimum Gasteiger partial charge on any atom is -0.503 e. The van der Waals surface area contributed by atoms with Crippen LogP contribution in [0.2, 0.25) is 0 Å². The third kappa shape index (κ3) is 3.84. The molecule has 1 aliphatic carbocycles. The second-order valence-corrected chi connectivity index (χ2v) is 9.36. The Morgan fingerprint density at radius 3 is 2.58 bits per heavy atom. The van der Waals surface area contributed by atoms with Crippen molar-refractivity contribution < 1.29 is 23.8 Å². The number of Topliss-reactive ketones (excluding diaryl/α,β-unsaturated/α-hetero) is 1. The molecule has 1 N–H and O–H groups in total. The highest BCUT2D eigenvalue weighted by Gasteiger charge is 2.47. The molecule has 2 aliphatic rings. The fraction of sp³-hybridized carbons (Fsp3) is 0.308. The smallest absolute Gasteiger partial charge is 0.290 e. The molecule has 0 spiro atoms. The largest absolute Gasteiger partial charge is 0.503 e. The van der Waals surface area contributed by atoms with Gasteiger partial charge in [0.15, 0.2) is 11.5 Å². The number of aliphatic hydroxyl groups excluding tert-OH is 1. The number of ether oxygens (including phenoxy) is 1. The van der Waals surface area contributed by atoms with Crippen molar-refractivity contribution >= 4 is 38.6 Å². The van der Waals surface area contributed by atoms with Crippen molar-refractivity contribution in [1.29, 1.82) is 0 Å². The molecule has 1 saturated carbocycles. The van der Waals surface area contributed by atoms with Crippen LogP contribution in [0.5, 0.6) is 5.75 Å². The Bertz CT molecular complexity index is 1250. The van der Waals surface area contributed by atoms with Crippen LogP contribution in [0.4, 0.5) is 0 Å². The maximum atomic E-state index is 13.6. The number of carbonyl (C=O) groups is 2. The minimum atomic E-state index is -0.677. The van der Waals surface area contributed by atoms with Crippen molar-refractivity contribution in [2.24, 2.45) is 0 Å². The molecule has 1 aliphatic heterocycles. The van der Waals surface area contributed by atoms with Gasteiger partial charge in [-0.1, -0.05) is 40.9 Å². The van der Waals surface area contributed by atoms with E-state index in [9.17, 15) is 14.7 Å². The third-order valence-electron chi connectivity index (χ3n) is 6.42. The number of amides is 1. The van der Waals surface area contributed by atoms with Gasteiger partial charge in [-0.25, -0.2) is 0 Å². The molecule has 0 bridgehead atoms. The Balaban J connectivity index is 1.58. The van der Waals surface area contributed by atoms with Gasteiger partial charge in [-0.15, -0.1) is 0 Å². The molecular formula is C26H24BrNO5. The summed E-state index contributed by atoms with van der Waals surface area (Å²) in [6.07, 6.45) is 3.75. The Morgan fingerprint density at radius 2 is 1.88 bits per heavy atom. The van der Waals surface area contributed by atoms with E-state index in [0.29, 0.717) is 17.9 Å². The number of carbonyl (C=O) groups excluding carboxylic acids is 2. The molecule has 1 fully saturated rings. The number of hydrogen-bond acceptors (Lipinski definition) is 5. The van der Waals surface area contributed by atoms with Gasteiger partial charge in [0.05, 0.1) is 18.2 Å². The molecule has 1 atom stereocenters. The standard InChI is InChI=1S/C26H24BrNO5/c1-2-32-19-10-7-15(8-11-19)23-22(25(30)26(31)28(23)18-5-3-4-6-18)24(29)21-14-16-13-17(27)9-12-20(16)33-21/h7-14,18,23,30H,2-6H2,1H3. The highest BCUT2D eigenvalue weighted by molar-refractivity contribution is 9.10. The van der Waals surface area contributed by atoms with E-state index in [-0.39, 0.29) is 17.4 Å². The molecule has 1 amide bonds. The van der Waals surface area contributed by atoms with E-state index in [1.54, 1.807) is 17.0 Å². The molecular weight excluding hydrogens is 486 g/mol. The Kier molecular flexibility index (Phi) is 5.74. The van der Waals surface area contributed by atoms with E-state index < -0.39 is 23.5 Å². The molecule has 2 heterocycles. The zero-order valence-electron chi connectivity index (χ0n) is 18.2. The number of hydrogen-bond donors (Lipinski definition) is 1. The van der Waals surface area contributed by atoms with Crippen molar-refractivity contribution in [2.45, 2.75) is 44.7 Å². The van der Waals surface area contributed by atoms with Gasteiger partial charge in [0.25, 0.3) is 5.91 Å². The highest BCUT2D eigenvalue weighted by Crippen LogP contribution is 2.44. The van der Waals surface area contributed by atoms with E-state index >= 15 is 0 Å². The van der Waals surface area contributed by atoms with Gasteiger partial charge in [0.1, 0.15) is 11.3 Å². The van der Waals surface area contributed by atoms with Crippen molar-refractivity contribution in [2.75, 3.05) is 6.61 Å². The molecule has 33 heavy (non-hydrogen) atoms. The van der Waals surface area contributed by atoms with Crippen molar-refractivity contribution in [1.82, 2.24) is 4.90 Å². The molecule has 0 saturated heterocycles. The van der Waals surface area contributed by atoms with Gasteiger partial charge < -0.3 is 19.2 Å². The molecule has 0 radical (unpaired) electrons. The van der Waals surface area contributed by atoms with Gasteiger partial charge in [0, 0.05) is 15.9 Å². The Hall–Kier alpha value is -3.06. The lowest BCUT2D eigenvalue weighted by atomic mass is 9.94. The zero-order valence-corrected chi connectivity index (χ0v) is 19.8. The summed E-state index contributed by atoms with van der Waals surface area (Å²) < 4.78 is 12.2. The lowest BCUT2D eigenvalue weighted by Crippen LogP contribution is -2.38. The Labute approximate surface area is 200 Å². The first-order valence-corrected chi connectivity index (χ1v) is 12.0. The summed E-state index contributed by atoms with van der Waals surface area (Å²) in [6, 6.07) is 13.8. The van der Waals surface area contributed by atoms with E-state index in [4.69, 9.17) is 9.15 Å². The van der Waals surface area contributed by atoms with Gasteiger partial charge in [-0.05, 0) is 61.7 Å². The monoisotopic (exact) mass is 509 g/mol. The van der Waals surface area contributed by atoms with E-state index in [1.807, 2.05) is 43.3 Å². The van der Waals surface area contributed by atoms with Crippen LogP contribution >= 0.6 is 15.9 Å². The summed E-state index contributed by atoms with van der Waals surface area (Å²) in [4.78, 5) is 28.5. The second-order valence-electron chi connectivity index (χ2n) is 8.44. The number of furan rings is 1. The van der Waals surface area contributed by atoms with Gasteiger partial charge in [-0.2, -0.15) is 0 Å². The number of ketones is 1. The van der Waals surface area contributed by atoms with Crippen molar-refractivity contribution in [3.05, 3.63) is 75.7 Å². The van der Waals surface area contributed by atoms with Crippen LogP contribution in [0, 0.1) is 0 Å². The molecule has 7 heteroatoms. The summed E-state index contributed by atoms with van der Waals surface area (Å²) in [5, 5.41) is 11.7. The van der Waals surface area contributed by atoms with Crippen molar-refractivity contribution in [3.8, 4) is 5.75 Å². The molecule has 2 aromatic carbocycles. The summed E-state index contributed by atoms with van der Waals surface area (Å²) >= 11 is 3.43. The lowest BCUT2D eigenvalue weighted by molar-refractivity contribution is -0.131. The molecule has 5 rings (SSSR count). The molecule has 3 aromatic rings. The molecule has 170 valence electrons. The average molecular weight is 510 g/mol. The quantitative estimate of drug-likeness (QED) is 0.405. The molecule has 1 aromatic heterocycles. The zero-order chi connectivity index (χ0) is 23.1. The SMILES string of the molecule is CCOc1ccc(C2C(C(=O)c3cc4cc(Br)ccc4o3)=C(O)C(=O)N2C2CCCC2)cc1. The first-order valence-electron chi connectivity index (χ1n) is 11.2. The van der Waals surface area contributed by atoms with Crippen LogP contribution in [0.1, 0.15) is 54.8 Å². The van der Waals surface area contributed by atoms with Crippen LogP contribution in [-0.4, -0.2) is 34.3 Å². The number of aliphatic hydroxyl groups is 1. The number of halogens is 1. The summed E-state index contributed by atoms with van der Waals surface area (Å²) in [6.45, 7) is 2.46. The number of rotatable bonds is 6. The fourth-order valence-electron chi connectivity index (χ4n) is 4.91. The second kappa shape index (κ2) is 8.71. The highest BCUT2D eigenvalue weighted by atomic mass is 79.9. The predicted octanol–water partition coefficient (Wildman–Crippen LogP) is 6.11. The minimum absolute atomic E-state index is 0.0202. The maximum Gasteiger partial charge on any atom is 0.290 e. The number of nitrogens with zero attached hydrogens (tertiary/aromatic N) is 1. The summed E-state index contributed by atoms with van der Waals surface area (Å²) in [5.74, 6) is -0.661. The average Bonchev–Trinajstić information content (AvgIpc) is 3.53. The fourth-order valence-corrected chi connectivity index (χ4v) is 5.29. The molecule has 6 nitrogen and oxygen atoms in total. The number of fused-ring (bicyclic) bond motifs is 1. The lowest BCUT2D eigenvalue weighted by Gasteiger charge is -2.32. The third-order valence-corrected chi connectivity index (χ3v) is 6.91. The maximum absolute atomic E-state index is 13.6. The number of benzene rings is 2. The van der Waals surface area contributed by atoms with E-state index in [1.165, 1.54) is 0 Å². The topological polar surface area (TPSA) is 80.0 Å². The van der Waals surface area contributed by atoms with Crippen LogP contribution in [0.25, 0.3) is 11.0 Å². The van der Waals surface area contributed by atoms with Gasteiger partial charge in [0.2, 0.25) is 5.78 Å². The first-order chi connectivity index (χ1) is 16.0. The van der Waals surface area contributed by atoms with Crippen LogP contribution in [0.15, 0.2) is 68.8 Å². The first kappa shape index (κ1) is 21.8. The normalized spacial score (nSPS) is 19.2. The van der Waals surface area contributed by atoms with Crippen molar-refractivity contribution in [3.63, 3.8) is 0 Å². The predicted molar refractivity (Wildman–Crippen MR) is 127 cm³/mol. The van der Waals surface area contributed by atoms with Crippen LogP contribution in [-0.2, 0) is 4.79 Å². The van der Waals surface area contributed by atoms with E-state index in [2.05, 4.69) is 15.9 Å². The van der Waals surface area contributed by atoms with Gasteiger partial charge >= 0.3 is 0 Å². The summed E-state index contributed by atoms with van der Waals surface area (Å²) in [7, 11) is 0. The van der Waals surface area contributed by atoms with Gasteiger partial charge in [-0.3, -0.25) is 9.59 Å². The summed E-state index contributed by atoms with van der Waals surface area (Å²) in [5.41, 5.74) is 1.38. The van der Waals surface area contributed by atoms with Crippen LogP contribution in [0.3, 0.4) is 0 Å². The Morgan fingerprint density at radius 1 is 1.15 bits per heavy atom. The van der Waals surface area contributed by atoms with E-state index in [0.717, 1.165) is 41.1 Å². The molecule has 1 unspecified atom stereocenters.